The van der Waals surface area contributed by atoms with Gasteiger partial charge in [-0.25, -0.2) is 4.98 Å². The number of halogens is 1. The van der Waals surface area contributed by atoms with Crippen LogP contribution in [0.3, 0.4) is 0 Å². The van der Waals surface area contributed by atoms with Crippen LogP contribution in [-0.2, 0) is 0 Å². The number of pyridine rings is 1. The third kappa shape index (κ3) is 4.28. The molecule has 0 aromatic carbocycles. The first-order chi connectivity index (χ1) is 9.56. The molecule has 0 bridgehead atoms. The first-order valence-corrected chi connectivity index (χ1v) is 8.00. The van der Waals surface area contributed by atoms with E-state index in [2.05, 4.69) is 40.1 Å². The van der Waals surface area contributed by atoms with E-state index in [0.717, 1.165) is 30.5 Å². The molecule has 1 unspecified atom stereocenters. The lowest BCUT2D eigenvalue weighted by atomic mass is 9.97. The smallest absolute Gasteiger partial charge is 0.272 e. The molecule has 1 atom stereocenters. The summed E-state index contributed by atoms with van der Waals surface area (Å²) in [5.74, 6) is 0.595. The average molecular weight is 340 g/mol. The Labute approximate surface area is 129 Å². The molecule has 1 amide bonds. The number of hydrogen-bond acceptors (Lipinski definition) is 3. The molecule has 1 aromatic rings. The van der Waals surface area contributed by atoms with Gasteiger partial charge < -0.3 is 10.2 Å². The van der Waals surface area contributed by atoms with Gasteiger partial charge in [-0.3, -0.25) is 4.79 Å². The molecule has 2 heterocycles. The first kappa shape index (κ1) is 15.4. The van der Waals surface area contributed by atoms with Crippen molar-refractivity contribution in [1.29, 1.82) is 0 Å². The Morgan fingerprint density at radius 2 is 2.35 bits per heavy atom. The van der Waals surface area contributed by atoms with Crippen molar-refractivity contribution < 1.29 is 4.79 Å². The lowest BCUT2D eigenvalue weighted by Crippen LogP contribution is -2.44. The van der Waals surface area contributed by atoms with Crippen LogP contribution in [0.25, 0.3) is 0 Å². The number of rotatable bonds is 4. The van der Waals surface area contributed by atoms with Crippen LogP contribution in [0.4, 0.5) is 0 Å². The van der Waals surface area contributed by atoms with Crippen LogP contribution < -0.4 is 5.32 Å². The highest BCUT2D eigenvalue weighted by Gasteiger charge is 2.25. The van der Waals surface area contributed by atoms with Crippen molar-refractivity contribution in [2.24, 2.45) is 5.92 Å². The summed E-state index contributed by atoms with van der Waals surface area (Å²) < 4.78 is 0.895. The number of hydrogen-bond donors (Lipinski definition) is 1. The quantitative estimate of drug-likeness (QED) is 0.917. The van der Waals surface area contributed by atoms with Gasteiger partial charge in [-0.15, -0.1) is 0 Å². The Hall–Kier alpha value is -0.940. The second-order valence-corrected chi connectivity index (χ2v) is 6.60. The summed E-state index contributed by atoms with van der Waals surface area (Å²) in [4.78, 5) is 18.6. The number of nitrogens with zero attached hydrogens (tertiary/aromatic N) is 2. The molecule has 1 saturated heterocycles. The van der Waals surface area contributed by atoms with E-state index in [-0.39, 0.29) is 5.91 Å². The van der Waals surface area contributed by atoms with Crippen LogP contribution in [0.5, 0.6) is 0 Å². The summed E-state index contributed by atoms with van der Waals surface area (Å²) in [6.45, 7) is 6.95. The van der Waals surface area contributed by atoms with Crippen molar-refractivity contribution >= 4 is 21.8 Å². The molecule has 0 radical (unpaired) electrons. The molecule has 0 saturated carbocycles. The lowest BCUT2D eigenvalue weighted by Gasteiger charge is -2.33. The van der Waals surface area contributed by atoms with E-state index in [1.807, 2.05) is 11.0 Å². The molecule has 1 aliphatic rings. The number of aromatic nitrogens is 1. The Bertz CT molecular complexity index is 447. The van der Waals surface area contributed by atoms with E-state index >= 15 is 0 Å². The largest absolute Gasteiger partial charge is 0.337 e. The number of likely N-dealkylation sites (tertiary alicyclic amines) is 1. The molecule has 1 N–H and O–H groups in total. The summed E-state index contributed by atoms with van der Waals surface area (Å²) >= 11 is 3.34. The summed E-state index contributed by atoms with van der Waals surface area (Å²) in [7, 11) is 0. The van der Waals surface area contributed by atoms with Gasteiger partial charge in [0.2, 0.25) is 0 Å². The minimum atomic E-state index is 0.0479. The van der Waals surface area contributed by atoms with Crippen LogP contribution >= 0.6 is 15.9 Å². The molecule has 0 spiro atoms. The minimum absolute atomic E-state index is 0.0479. The molecule has 110 valence electrons. The number of nitrogens with one attached hydrogen (secondary N) is 1. The van der Waals surface area contributed by atoms with Crippen LogP contribution in [0.1, 0.15) is 37.2 Å². The fraction of sp³-hybridized carbons (Fsp3) is 0.600. The lowest BCUT2D eigenvalue weighted by molar-refractivity contribution is 0.0666. The number of amides is 1. The van der Waals surface area contributed by atoms with Crippen molar-refractivity contribution in [2.45, 2.75) is 32.7 Å². The van der Waals surface area contributed by atoms with Gasteiger partial charge in [0.1, 0.15) is 5.69 Å². The maximum absolute atomic E-state index is 12.4. The predicted molar refractivity (Wildman–Crippen MR) is 83.7 cm³/mol. The predicted octanol–water partition coefficient (Wildman–Crippen LogP) is 2.69. The third-order valence-electron chi connectivity index (χ3n) is 3.57. The molecular weight excluding hydrogens is 318 g/mol. The van der Waals surface area contributed by atoms with Gasteiger partial charge in [-0.1, -0.05) is 13.8 Å². The molecular formula is C15H22BrN3O. The molecule has 0 aliphatic carbocycles. The maximum atomic E-state index is 12.4. The molecule has 20 heavy (non-hydrogen) atoms. The third-order valence-corrected chi connectivity index (χ3v) is 4.04. The zero-order valence-electron chi connectivity index (χ0n) is 12.1. The van der Waals surface area contributed by atoms with E-state index in [0.29, 0.717) is 17.7 Å². The highest BCUT2D eigenvalue weighted by molar-refractivity contribution is 9.10. The fourth-order valence-corrected chi connectivity index (χ4v) is 2.72. The van der Waals surface area contributed by atoms with Gasteiger partial charge >= 0.3 is 0 Å². The van der Waals surface area contributed by atoms with Crippen LogP contribution in [0.15, 0.2) is 22.8 Å². The molecule has 1 fully saturated rings. The topological polar surface area (TPSA) is 45.2 Å². The van der Waals surface area contributed by atoms with Gasteiger partial charge in [0.05, 0.1) is 0 Å². The van der Waals surface area contributed by atoms with Crippen LogP contribution in [0.2, 0.25) is 0 Å². The number of carbonyl (C=O) groups is 1. The van der Waals surface area contributed by atoms with E-state index in [4.69, 9.17) is 0 Å². The highest BCUT2D eigenvalue weighted by Crippen LogP contribution is 2.18. The van der Waals surface area contributed by atoms with Crippen molar-refractivity contribution in [3.05, 3.63) is 28.5 Å². The summed E-state index contributed by atoms with van der Waals surface area (Å²) in [6.07, 6.45) is 3.94. The van der Waals surface area contributed by atoms with Gasteiger partial charge in [0, 0.05) is 29.8 Å². The van der Waals surface area contributed by atoms with Crippen molar-refractivity contribution in [2.75, 3.05) is 19.6 Å². The van der Waals surface area contributed by atoms with Gasteiger partial charge in [-0.2, -0.15) is 0 Å². The molecule has 1 aromatic heterocycles. The van der Waals surface area contributed by atoms with Gasteiger partial charge in [-0.05, 0) is 53.4 Å². The first-order valence-electron chi connectivity index (χ1n) is 7.20. The van der Waals surface area contributed by atoms with Gasteiger partial charge in [0.25, 0.3) is 5.91 Å². The van der Waals surface area contributed by atoms with Crippen molar-refractivity contribution in [3.8, 4) is 0 Å². The average Bonchev–Trinajstić information content (AvgIpc) is 2.45. The number of carbonyl (C=O) groups excluding carboxylic acids is 1. The second kappa shape index (κ2) is 7.18. The molecule has 4 nitrogen and oxygen atoms in total. The molecule has 2 rings (SSSR count). The van der Waals surface area contributed by atoms with E-state index in [9.17, 15) is 4.79 Å². The Kier molecular flexibility index (Phi) is 5.54. The zero-order chi connectivity index (χ0) is 14.5. The Balaban J connectivity index is 1.94. The summed E-state index contributed by atoms with van der Waals surface area (Å²) in [5.41, 5.74) is 0.533. The minimum Gasteiger partial charge on any atom is -0.337 e. The molecule has 1 aliphatic heterocycles. The van der Waals surface area contributed by atoms with E-state index < -0.39 is 0 Å². The zero-order valence-corrected chi connectivity index (χ0v) is 13.7. The van der Waals surface area contributed by atoms with E-state index in [1.165, 1.54) is 6.42 Å². The second-order valence-electron chi connectivity index (χ2n) is 5.68. The van der Waals surface area contributed by atoms with Crippen LogP contribution in [-0.4, -0.2) is 41.5 Å². The van der Waals surface area contributed by atoms with E-state index in [1.54, 1.807) is 12.3 Å². The van der Waals surface area contributed by atoms with Crippen molar-refractivity contribution in [1.82, 2.24) is 15.2 Å². The fourth-order valence-electron chi connectivity index (χ4n) is 2.48. The molecule has 5 heteroatoms. The monoisotopic (exact) mass is 339 g/mol. The summed E-state index contributed by atoms with van der Waals surface area (Å²) in [6, 6.07) is 4.14. The number of piperidine rings is 1. The summed E-state index contributed by atoms with van der Waals surface area (Å²) in [5, 5.41) is 3.46. The van der Waals surface area contributed by atoms with Crippen molar-refractivity contribution in [3.63, 3.8) is 0 Å². The van der Waals surface area contributed by atoms with Crippen LogP contribution in [0, 0.1) is 5.92 Å². The normalized spacial score (nSPS) is 19.4. The Morgan fingerprint density at radius 1 is 1.55 bits per heavy atom. The van der Waals surface area contributed by atoms with Gasteiger partial charge in [0.15, 0.2) is 0 Å². The SMILES string of the molecule is CC(C)NCC1CCCN(C(=O)c2ccc(Br)cn2)C1. The standard InChI is InChI=1S/C15H22BrN3O/c1-11(2)17-8-12-4-3-7-19(10-12)15(20)14-6-5-13(16)9-18-14/h5-6,9,11-12,17H,3-4,7-8,10H2,1-2H3. The Morgan fingerprint density at radius 3 is 3.00 bits per heavy atom. The maximum Gasteiger partial charge on any atom is 0.272 e. The highest BCUT2D eigenvalue weighted by atomic mass is 79.9.